The summed E-state index contributed by atoms with van der Waals surface area (Å²) in [5.41, 5.74) is 13.8. The zero-order valence-corrected chi connectivity index (χ0v) is 34.1. The molecule has 0 saturated heterocycles. The minimum absolute atomic E-state index is 0.258. The van der Waals surface area contributed by atoms with Gasteiger partial charge in [-0.1, -0.05) is 182 Å². The third-order valence-corrected chi connectivity index (χ3v) is 12.8. The van der Waals surface area contributed by atoms with Gasteiger partial charge in [-0.2, -0.15) is 0 Å². The molecule has 1 heterocycles. The summed E-state index contributed by atoms with van der Waals surface area (Å²) in [4.78, 5) is 2.43. The predicted molar refractivity (Wildman–Crippen MR) is 262 cm³/mol. The first-order valence-corrected chi connectivity index (χ1v) is 21.5. The molecule has 1 atom stereocenters. The fourth-order valence-electron chi connectivity index (χ4n) is 9.62. The summed E-state index contributed by atoms with van der Waals surface area (Å²) in [6.45, 7) is 0. The third kappa shape index (κ3) is 6.28. The van der Waals surface area contributed by atoms with Crippen LogP contribution in [0.2, 0.25) is 0 Å². The van der Waals surface area contributed by atoms with Gasteiger partial charge < -0.3 is 9.32 Å². The first-order chi connectivity index (χ1) is 30.7. The maximum atomic E-state index is 6.54. The van der Waals surface area contributed by atoms with Gasteiger partial charge in [-0.05, 0) is 115 Å². The molecule has 0 saturated carbocycles. The minimum Gasteiger partial charge on any atom is -0.455 e. The fraction of sp³-hybridized carbons (Fsp3) is 0.0333. The molecule has 0 spiro atoms. The maximum Gasteiger partial charge on any atom is 0.143 e. The van der Waals surface area contributed by atoms with Crippen LogP contribution in [-0.2, 0) is 0 Å². The van der Waals surface area contributed by atoms with E-state index in [1.807, 2.05) is 0 Å². The van der Waals surface area contributed by atoms with Gasteiger partial charge in [0.25, 0.3) is 0 Å². The first kappa shape index (κ1) is 36.0. The van der Waals surface area contributed by atoms with E-state index in [2.05, 4.69) is 235 Å². The van der Waals surface area contributed by atoms with Crippen molar-refractivity contribution in [2.75, 3.05) is 4.90 Å². The van der Waals surface area contributed by atoms with Crippen molar-refractivity contribution < 1.29 is 4.42 Å². The van der Waals surface area contributed by atoms with Crippen LogP contribution in [-0.4, -0.2) is 0 Å². The lowest BCUT2D eigenvalue weighted by atomic mass is 9.88. The van der Waals surface area contributed by atoms with E-state index in [1.54, 1.807) is 0 Å². The van der Waals surface area contributed by atoms with E-state index < -0.39 is 0 Å². The lowest BCUT2D eigenvalue weighted by molar-refractivity contribution is 0.672. The van der Waals surface area contributed by atoms with Gasteiger partial charge in [0.2, 0.25) is 0 Å². The van der Waals surface area contributed by atoms with E-state index in [-0.39, 0.29) is 5.92 Å². The van der Waals surface area contributed by atoms with Crippen molar-refractivity contribution >= 4 is 65.6 Å². The Morgan fingerprint density at radius 1 is 0.419 bits per heavy atom. The summed E-state index contributed by atoms with van der Waals surface area (Å²) in [5.74, 6) is 0.258. The van der Waals surface area contributed by atoms with Crippen molar-refractivity contribution in [3.05, 3.63) is 242 Å². The monoisotopic (exact) mass is 791 g/mol. The van der Waals surface area contributed by atoms with E-state index in [0.29, 0.717) is 0 Å². The molecule has 1 aliphatic carbocycles. The van der Waals surface area contributed by atoms with Crippen molar-refractivity contribution in [1.82, 2.24) is 0 Å². The Labute approximate surface area is 360 Å². The molecule has 1 aromatic heterocycles. The van der Waals surface area contributed by atoms with Gasteiger partial charge in [0.1, 0.15) is 11.2 Å². The van der Waals surface area contributed by atoms with E-state index in [4.69, 9.17) is 4.42 Å². The van der Waals surface area contributed by atoms with Gasteiger partial charge >= 0.3 is 0 Å². The Balaban J connectivity index is 0.941. The van der Waals surface area contributed by atoms with Crippen LogP contribution in [0.3, 0.4) is 0 Å². The second kappa shape index (κ2) is 15.0. The molecule has 1 aliphatic rings. The van der Waals surface area contributed by atoms with Gasteiger partial charge in [0, 0.05) is 39.0 Å². The number of allylic oxidation sites excluding steroid dienone is 3. The number of rotatable bonds is 7. The first-order valence-electron chi connectivity index (χ1n) is 21.5. The SMILES string of the molecule is C1=CC(c2cccc(-c3cccc4ccccc34)c2)CC=C1N(c1ccc(-c2ccc3ccccc3c2)cc1)c1ccccc1-c1ccc2oc3c4ccccc4ccc3c2c1. The molecule has 11 aromatic rings. The van der Waals surface area contributed by atoms with Crippen LogP contribution in [0.15, 0.2) is 241 Å². The topological polar surface area (TPSA) is 16.4 Å². The Bertz CT molecular complexity index is 3560. The molecule has 0 N–H and O–H groups in total. The number of anilines is 2. The quantitative estimate of drug-likeness (QED) is 0.160. The Kier molecular flexibility index (Phi) is 8.67. The van der Waals surface area contributed by atoms with Crippen molar-refractivity contribution in [3.63, 3.8) is 0 Å². The zero-order valence-electron chi connectivity index (χ0n) is 34.1. The van der Waals surface area contributed by atoms with Gasteiger partial charge in [0.05, 0.1) is 5.69 Å². The molecule has 0 amide bonds. The molecule has 0 bridgehead atoms. The van der Waals surface area contributed by atoms with Crippen LogP contribution in [0.4, 0.5) is 11.4 Å². The summed E-state index contributed by atoms with van der Waals surface area (Å²) in [7, 11) is 0. The number of para-hydroxylation sites is 1. The molecular weight excluding hydrogens is 751 g/mol. The predicted octanol–water partition coefficient (Wildman–Crippen LogP) is 16.8. The van der Waals surface area contributed by atoms with Crippen LogP contribution >= 0.6 is 0 Å². The minimum atomic E-state index is 0.258. The molecule has 0 radical (unpaired) electrons. The number of hydrogen-bond donors (Lipinski definition) is 0. The molecule has 0 fully saturated rings. The van der Waals surface area contributed by atoms with Crippen molar-refractivity contribution in [2.24, 2.45) is 0 Å². The highest BCUT2D eigenvalue weighted by molar-refractivity contribution is 6.15. The highest BCUT2D eigenvalue weighted by Crippen LogP contribution is 2.43. The number of hydrogen-bond acceptors (Lipinski definition) is 2. The standard InChI is InChI=1S/C60H41NO/c1-2-14-45-37-47(24-23-40(45)11-1)42-27-33-51(34-28-42)61(50-31-25-41(26-32-50)46-16-9-17-48(38-46)53-21-10-15-43-12-3-5-18-52(43)53)58-22-8-7-19-54(58)49-30-36-59-57(39-49)56-35-29-44-13-4-6-20-55(44)60(56)62-59/h1-25,27-39,41H,26H2. The summed E-state index contributed by atoms with van der Waals surface area (Å²) in [5, 5.41) is 9.61. The number of furan rings is 1. The molecule has 12 rings (SSSR count). The number of nitrogens with zero attached hydrogens (tertiary/aromatic N) is 1. The molecular formula is C60H41NO. The van der Waals surface area contributed by atoms with Gasteiger partial charge in [-0.3, -0.25) is 0 Å². The summed E-state index contributed by atoms with van der Waals surface area (Å²) in [6.07, 6.45) is 8.02. The molecule has 292 valence electrons. The van der Waals surface area contributed by atoms with Gasteiger partial charge in [-0.25, -0.2) is 0 Å². The molecule has 2 nitrogen and oxygen atoms in total. The smallest absolute Gasteiger partial charge is 0.143 e. The van der Waals surface area contributed by atoms with Crippen LogP contribution in [0.25, 0.3) is 87.6 Å². The van der Waals surface area contributed by atoms with E-state index in [0.717, 1.165) is 61.9 Å². The lowest BCUT2D eigenvalue weighted by Gasteiger charge is -2.31. The lowest BCUT2D eigenvalue weighted by Crippen LogP contribution is -2.18. The van der Waals surface area contributed by atoms with Crippen LogP contribution in [0.1, 0.15) is 17.9 Å². The molecule has 0 aliphatic heterocycles. The van der Waals surface area contributed by atoms with Gasteiger partial charge in [-0.15, -0.1) is 0 Å². The second-order valence-electron chi connectivity index (χ2n) is 16.4. The van der Waals surface area contributed by atoms with Crippen LogP contribution in [0, 0.1) is 0 Å². The summed E-state index contributed by atoms with van der Waals surface area (Å²) >= 11 is 0. The fourth-order valence-corrected chi connectivity index (χ4v) is 9.62. The Morgan fingerprint density at radius 3 is 1.94 bits per heavy atom. The molecule has 62 heavy (non-hydrogen) atoms. The highest BCUT2D eigenvalue weighted by atomic mass is 16.3. The Hall–Kier alpha value is -7.94. The van der Waals surface area contributed by atoms with Gasteiger partial charge in [0.15, 0.2) is 0 Å². The Morgan fingerprint density at radius 2 is 1.08 bits per heavy atom. The third-order valence-electron chi connectivity index (χ3n) is 12.8. The summed E-state index contributed by atoms with van der Waals surface area (Å²) < 4.78 is 6.54. The average Bonchev–Trinajstić information content (AvgIpc) is 3.73. The second-order valence-corrected chi connectivity index (χ2v) is 16.4. The van der Waals surface area contributed by atoms with Crippen molar-refractivity contribution in [2.45, 2.75) is 12.3 Å². The van der Waals surface area contributed by atoms with E-state index >= 15 is 0 Å². The number of fused-ring (bicyclic) bond motifs is 7. The largest absolute Gasteiger partial charge is 0.455 e. The van der Waals surface area contributed by atoms with Crippen LogP contribution < -0.4 is 4.90 Å². The van der Waals surface area contributed by atoms with E-state index in [1.165, 1.54) is 54.7 Å². The molecule has 10 aromatic carbocycles. The van der Waals surface area contributed by atoms with Crippen molar-refractivity contribution in [1.29, 1.82) is 0 Å². The summed E-state index contributed by atoms with van der Waals surface area (Å²) in [6, 6.07) is 77.1. The highest BCUT2D eigenvalue weighted by Gasteiger charge is 2.22. The average molecular weight is 792 g/mol. The van der Waals surface area contributed by atoms with Crippen LogP contribution in [0.5, 0.6) is 0 Å². The molecule has 2 heteroatoms. The molecule has 1 unspecified atom stereocenters. The maximum absolute atomic E-state index is 6.54. The zero-order chi connectivity index (χ0) is 41.0. The van der Waals surface area contributed by atoms with E-state index in [9.17, 15) is 0 Å². The normalized spacial score (nSPS) is 13.9. The number of benzene rings is 10. The van der Waals surface area contributed by atoms with Crippen molar-refractivity contribution in [3.8, 4) is 33.4 Å².